The summed E-state index contributed by atoms with van der Waals surface area (Å²) in [5.74, 6) is 0.299. The summed E-state index contributed by atoms with van der Waals surface area (Å²) in [6, 6.07) is 6.22. The molecule has 1 aromatic carbocycles. The molecule has 0 bridgehead atoms. The van der Waals surface area contributed by atoms with Crippen LogP contribution in [0.5, 0.6) is 0 Å². The molecule has 74 valence electrons. The molecule has 0 unspecified atom stereocenters. The predicted octanol–water partition coefficient (Wildman–Crippen LogP) is 3.39. The summed E-state index contributed by atoms with van der Waals surface area (Å²) in [5, 5.41) is 0. The van der Waals surface area contributed by atoms with Gasteiger partial charge in [-0.1, -0.05) is 54.6 Å². The van der Waals surface area contributed by atoms with Crippen molar-refractivity contribution in [3.05, 3.63) is 34.9 Å². The highest BCUT2D eigenvalue weighted by atomic mass is 127. The molecule has 1 aromatic rings. The second-order valence-corrected chi connectivity index (χ2v) is 5.28. The van der Waals surface area contributed by atoms with E-state index >= 15 is 0 Å². The molecule has 2 rings (SSSR count). The van der Waals surface area contributed by atoms with Gasteiger partial charge >= 0.3 is 0 Å². The summed E-state index contributed by atoms with van der Waals surface area (Å²) in [5.41, 5.74) is 3.29. The first kappa shape index (κ1) is 10.1. The van der Waals surface area contributed by atoms with Gasteiger partial charge in [0.1, 0.15) is 0 Å². The van der Waals surface area contributed by atoms with Gasteiger partial charge in [-0.05, 0) is 17.5 Å². The number of Topliss-reactive ketones (excluding diaryl/α,β-unsaturated/α-hetero) is 1. The maximum Gasteiger partial charge on any atom is 0.169 e. The number of carbonyl (C=O) groups excluding carboxylic acids is 1. The quantitative estimate of drug-likeness (QED) is 0.574. The van der Waals surface area contributed by atoms with Gasteiger partial charge < -0.3 is 0 Å². The second-order valence-electron chi connectivity index (χ2n) is 4.51. The van der Waals surface area contributed by atoms with Crippen LogP contribution in [0.4, 0.5) is 0 Å². The molecule has 0 heterocycles. The zero-order chi connectivity index (χ0) is 10.3. The third-order valence-corrected chi connectivity index (χ3v) is 3.70. The Bertz CT molecular complexity index is 393. The Labute approximate surface area is 98.0 Å². The van der Waals surface area contributed by atoms with E-state index in [1.807, 2.05) is 19.9 Å². The normalized spacial score (nSPS) is 18.4. The predicted molar refractivity (Wildman–Crippen MR) is 66.0 cm³/mol. The van der Waals surface area contributed by atoms with Crippen molar-refractivity contribution in [2.24, 2.45) is 5.41 Å². The summed E-state index contributed by atoms with van der Waals surface area (Å²) >= 11 is 2.35. The van der Waals surface area contributed by atoms with Crippen LogP contribution in [0, 0.1) is 5.41 Å². The van der Waals surface area contributed by atoms with Gasteiger partial charge in [0.2, 0.25) is 0 Å². The number of fused-ring (bicyclic) bond motifs is 1. The highest BCUT2D eigenvalue weighted by Gasteiger charge is 2.37. The van der Waals surface area contributed by atoms with Crippen LogP contribution in [0.1, 0.15) is 35.3 Å². The summed E-state index contributed by atoms with van der Waals surface area (Å²) in [6.07, 6.45) is 0.894. The minimum absolute atomic E-state index is 0.188. The Morgan fingerprint density at radius 1 is 1.43 bits per heavy atom. The molecule has 0 spiro atoms. The van der Waals surface area contributed by atoms with Crippen LogP contribution in [-0.4, -0.2) is 5.78 Å². The fourth-order valence-corrected chi connectivity index (χ4v) is 2.49. The van der Waals surface area contributed by atoms with E-state index in [1.165, 1.54) is 11.1 Å². The number of halogens is 1. The topological polar surface area (TPSA) is 17.1 Å². The third kappa shape index (κ3) is 1.49. The Hall–Kier alpha value is -0.380. The number of rotatable bonds is 1. The average molecular weight is 300 g/mol. The molecule has 0 atom stereocenters. The van der Waals surface area contributed by atoms with E-state index < -0.39 is 0 Å². The number of hydrogen-bond donors (Lipinski definition) is 0. The summed E-state index contributed by atoms with van der Waals surface area (Å²) in [6.45, 7) is 4.05. The van der Waals surface area contributed by atoms with Crippen molar-refractivity contribution in [3.8, 4) is 0 Å². The standard InChI is InChI=1S/C12H13IO/c1-12(2)6-9-5-8(7-13)3-4-10(9)11(12)14/h3-5H,6-7H2,1-2H3. The van der Waals surface area contributed by atoms with E-state index in [0.717, 1.165) is 16.4 Å². The summed E-state index contributed by atoms with van der Waals surface area (Å²) < 4.78 is 1.01. The van der Waals surface area contributed by atoms with Crippen molar-refractivity contribution in [1.29, 1.82) is 0 Å². The number of hydrogen-bond acceptors (Lipinski definition) is 1. The van der Waals surface area contributed by atoms with Gasteiger partial charge in [0.05, 0.1) is 0 Å². The van der Waals surface area contributed by atoms with Crippen LogP contribution in [0.15, 0.2) is 18.2 Å². The van der Waals surface area contributed by atoms with Crippen molar-refractivity contribution in [1.82, 2.24) is 0 Å². The first-order valence-electron chi connectivity index (χ1n) is 4.77. The van der Waals surface area contributed by atoms with Crippen molar-refractivity contribution >= 4 is 28.4 Å². The fourth-order valence-electron chi connectivity index (χ4n) is 2.02. The Balaban J connectivity index is 2.49. The molecular weight excluding hydrogens is 287 g/mol. The molecule has 0 saturated carbocycles. The molecule has 2 heteroatoms. The monoisotopic (exact) mass is 300 g/mol. The number of alkyl halides is 1. The van der Waals surface area contributed by atoms with Crippen LogP contribution in [0.2, 0.25) is 0 Å². The SMILES string of the molecule is CC1(C)Cc2cc(CI)ccc2C1=O. The molecule has 1 nitrogen and oxygen atoms in total. The van der Waals surface area contributed by atoms with Gasteiger partial charge in [0.15, 0.2) is 5.78 Å². The van der Waals surface area contributed by atoms with Crippen LogP contribution >= 0.6 is 22.6 Å². The molecule has 0 radical (unpaired) electrons. The lowest BCUT2D eigenvalue weighted by atomic mass is 9.89. The molecule has 0 amide bonds. The minimum atomic E-state index is -0.188. The third-order valence-electron chi connectivity index (χ3n) is 2.82. The van der Waals surface area contributed by atoms with Gasteiger partial charge in [-0.3, -0.25) is 4.79 Å². The van der Waals surface area contributed by atoms with Crippen molar-refractivity contribution in [3.63, 3.8) is 0 Å². The molecular formula is C12H13IO. The molecule has 0 saturated heterocycles. The van der Waals surface area contributed by atoms with E-state index in [4.69, 9.17) is 0 Å². The first-order valence-corrected chi connectivity index (χ1v) is 6.30. The zero-order valence-electron chi connectivity index (χ0n) is 8.43. The Morgan fingerprint density at radius 3 is 2.79 bits per heavy atom. The largest absolute Gasteiger partial charge is 0.294 e. The smallest absolute Gasteiger partial charge is 0.169 e. The molecule has 1 aliphatic rings. The fraction of sp³-hybridized carbons (Fsp3) is 0.417. The van der Waals surface area contributed by atoms with Crippen LogP contribution in [-0.2, 0) is 10.8 Å². The van der Waals surface area contributed by atoms with Gasteiger partial charge in [-0.2, -0.15) is 0 Å². The average Bonchev–Trinajstić information content (AvgIpc) is 2.37. The van der Waals surface area contributed by atoms with Crippen molar-refractivity contribution < 1.29 is 4.79 Å². The molecule has 0 aliphatic heterocycles. The maximum atomic E-state index is 11.9. The lowest BCUT2D eigenvalue weighted by molar-refractivity contribution is 0.0863. The number of ketones is 1. The van der Waals surface area contributed by atoms with E-state index in [0.29, 0.717) is 5.78 Å². The van der Waals surface area contributed by atoms with Gasteiger partial charge in [0.25, 0.3) is 0 Å². The highest BCUT2D eigenvalue weighted by Crippen LogP contribution is 2.36. The van der Waals surface area contributed by atoms with E-state index in [2.05, 4.69) is 34.7 Å². The number of carbonyl (C=O) groups is 1. The van der Waals surface area contributed by atoms with Gasteiger partial charge in [-0.25, -0.2) is 0 Å². The molecule has 0 aromatic heterocycles. The Morgan fingerprint density at radius 2 is 2.14 bits per heavy atom. The van der Waals surface area contributed by atoms with Crippen LogP contribution < -0.4 is 0 Å². The molecule has 14 heavy (non-hydrogen) atoms. The van der Waals surface area contributed by atoms with E-state index in [9.17, 15) is 4.79 Å². The second kappa shape index (κ2) is 3.33. The van der Waals surface area contributed by atoms with E-state index in [1.54, 1.807) is 0 Å². The lowest BCUT2D eigenvalue weighted by Crippen LogP contribution is -2.18. The maximum absolute atomic E-state index is 11.9. The first-order chi connectivity index (χ1) is 6.54. The summed E-state index contributed by atoms with van der Waals surface area (Å²) in [4.78, 5) is 11.9. The lowest BCUT2D eigenvalue weighted by Gasteiger charge is -2.12. The molecule has 0 fully saturated rings. The van der Waals surface area contributed by atoms with Crippen molar-refractivity contribution in [2.45, 2.75) is 24.7 Å². The van der Waals surface area contributed by atoms with Crippen LogP contribution in [0.25, 0.3) is 0 Å². The Kier molecular flexibility index (Phi) is 2.41. The van der Waals surface area contributed by atoms with Gasteiger partial charge in [0, 0.05) is 15.4 Å². The van der Waals surface area contributed by atoms with Crippen LogP contribution in [0.3, 0.4) is 0 Å². The highest BCUT2D eigenvalue weighted by molar-refractivity contribution is 14.1. The van der Waals surface area contributed by atoms with Crippen molar-refractivity contribution in [2.75, 3.05) is 0 Å². The molecule has 1 aliphatic carbocycles. The molecule has 0 N–H and O–H groups in total. The minimum Gasteiger partial charge on any atom is -0.294 e. The zero-order valence-corrected chi connectivity index (χ0v) is 10.6. The van der Waals surface area contributed by atoms with Gasteiger partial charge in [-0.15, -0.1) is 0 Å². The number of benzene rings is 1. The van der Waals surface area contributed by atoms with E-state index in [-0.39, 0.29) is 5.41 Å². The summed E-state index contributed by atoms with van der Waals surface area (Å²) in [7, 11) is 0.